The highest BCUT2D eigenvalue weighted by Crippen LogP contribution is 2.35. The lowest BCUT2D eigenvalue weighted by Crippen LogP contribution is -2.46. The Kier molecular flexibility index (Phi) is 8.22. The van der Waals surface area contributed by atoms with Crippen molar-refractivity contribution in [2.75, 3.05) is 0 Å². The van der Waals surface area contributed by atoms with E-state index in [0.717, 1.165) is 34.6 Å². The Morgan fingerprint density at radius 1 is 0.730 bits per heavy atom. The number of hydrogen-bond acceptors (Lipinski definition) is 1. The van der Waals surface area contributed by atoms with E-state index in [1.54, 1.807) is 6.08 Å². The topological polar surface area (TPSA) is 12.4 Å². The number of benzene rings is 3. The smallest absolute Gasteiger partial charge is 0.292 e. The van der Waals surface area contributed by atoms with Crippen molar-refractivity contribution >= 4 is 30.7 Å². The fraction of sp³-hybridized carbons (Fsp3) is 0.276. The van der Waals surface area contributed by atoms with Crippen molar-refractivity contribution in [3.8, 4) is 0 Å². The minimum atomic E-state index is -4.48. The average Bonchev–Trinajstić information content (AvgIpc) is 2.81. The first-order chi connectivity index (χ1) is 17.1. The molecule has 3 rings (SSSR count). The maximum Gasteiger partial charge on any atom is 0.416 e. The maximum absolute atomic E-state index is 13.3. The Morgan fingerprint density at radius 2 is 1.22 bits per heavy atom. The zero-order valence-electron chi connectivity index (χ0n) is 21.1. The Balaban J connectivity index is 2.22. The molecule has 0 spiro atoms. The van der Waals surface area contributed by atoms with Crippen LogP contribution in [0, 0.1) is 0 Å². The summed E-state index contributed by atoms with van der Waals surface area (Å²) in [7, 11) is -2.68. The van der Waals surface area contributed by atoms with Gasteiger partial charge >= 0.3 is 12.4 Å². The molecule has 0 aromatic heterocycles. The summed E-state index contributed by atoms with van der Waals surface area (Å²) >= 11 is 0. The van der Waals surface area contributed by atoms with Crippen molar-refractivity contribution in [3.63, 3.8) is 0 Å². The number of halogens is 6. The van der Waals surface area contributed by atoms with E-state index in [-0.39, 0.29) is 5.54 Å². The van der Waals surface area contributed by atoms with Crippen molar-refractivity contribution in [2.45, 2.75) is 51.3 Å². The minimum absolute atomic E-state index is 0.308. The molecular formula is C29H29F6NSi. The van der Waals surface area contributed by atoms with Crippen LogP contribution in [0.15, 0.2) is 83.9 Å². The third-order valence-electron chi connectivity index (χ3n) is 6.06. The molecule has 0 amide bonds. The summed E-state index contributed by atoms with van der Waals surface area (Å²) < 4.78 is 79.1. The Morgan fingerprint density at radius 3 is 1.68 bits per heavy atom. The number of hydrogen-bond donors (Lipinski definition) is 0. The van der Waals surface area contributed by atoms with Crippen LogP contribution in [0.5, 0.6) is 0 Å². The van der Waals surface area contributed by atoms with Gasteiger partial charge in [-0.1, -0.05) is 72.4 Å². The van der Waals surface area contributed by atoms with E-state index in [2.05, 4.69) is 11.5 Å². The lowest BCUT2D eigenvalue weighted by atomic mass is 10.1. The summed E-state index contributed by atoms with van der Waals surface area (Å²) in [5.41, 5.74) is -0.707. The minimum Gasteiger partial charge on any atom is -0.292 e. The largest absolute Gasteiger partial charge is 0.416 e. The quantitative estimate of drug-likeness (QED) is 0.130. The molecule has 0 radical (unpaired) electrons. The lowest BCUT2D eigenvalue weighted by molar-refractivity contribution is -0.138. The molecule has 0 aliphatic heterocycles. The summed E-state index contributed by atoms with van der Waals surface area (Å²) in [6.07, 6.45) is -5.28. The van der Waals surface area contributed by atoms with Gasteiger partial charge in [0.1, 0.15) is 8.07 Å². The fourth-order valence-electron chi connectivity index (χ4n) is 4.03. The van der Waals surface area contributed by atoms with Crippen LogP contribution in [0.2, 0.25) is 12.6 Å². The molecule has 0 aliphatic carbocycles. The van der Waals surface area contributed by atoms with E-state index in [1.807, 2.05) is 57.3 Å². The highest BCUT2D eigenvalue weighted by Gasteiger charge is 2.36. The van der Waals surface area contributed by atoms with Crippen LogP contribution in [0.1, 0.15) is 43.0 Å². The molecule has 3 aromatic carbocycles. The predicted octanol–water partition coefficient (Wildman–Crippen LogP) is 8.66. The van der Waals surface area contributed by atoms with E-state index in [0.29, 0.717) is 17.2 Å². The number of aliphatic imine (C=N–C) groups is 1. The molecule has 0 heterocycles. The summed E-state index contributed by atoms with van der Waals surface area (Å²) in [5.74, 6) is 0. The zero-order chi connectivity index (χ0) is 27.5. The van der Waals surface area contributed by atoms with E-state index in [4.69, 9.17) is 0 Å². The predicted molar refractivity (Wildman–Crippen MR) is 142 cm³/mol. The average molecular weight is 534 g/mol. The number of rotatable bonds is 6. The van der Waals surface area contributed by atoms with Gasteiger partial charge in [0.25, 0.3) is 0 Å². The van der Waals surface area contributed by atoms with Gasteiger partial charge in [0.05, 0.1) is 16.7 Å². The molecule has 0 fully saturated rings. The normalized spacial score (nSPS) is 15.1. The van der Waals surface area contributed by atoms with Crippen LogP contribution in [0.4, 0.5) is 26.3 Å². The van der Waals surface area contributed by atoms with Gasteiger partial charge < -0.3 is 0 Å². The SMILES string of the molecule is CC(C)(C)N=CC[Si](C)(/C(=C/c1ccc(C(F)(F)F)cc1)c1ccc(C(F)(F)F)cc1)c1ccccc1. The molecule has 0 bridgehead atoms. The van der Waals surface area contributed by atoms with Crippen molar-refractivity contribution < 1.29 is 26.3 Å². The molecule has 37 heavy (non-hydrogen) atoms. The van der Waals surface area contributed by atoms with E-state index in [1.165, 1.54) is 24.3 Å². The monoisotopic (exact) mass is 533 g/mol. The van der Waals surface area contributed by atoms with Crippen LogP contribution in [0.25, 0.3) is 11.3 Å². The third kappa shape index (κ3) is 7.44. The van der Waals surface area contributed by atoms with E-state index in [9.17, 15) is 26.3 Å². The van der Waals surface area contributed by atoms with Gasteiger partial charge in [-0.25, -0.2) is 0 Å². The first kappa shape index (κ1) is 28.4. The zero-order valence-corrected chi connectivity index (χ0v) is 22.1. The van der Waals surface area contributed by atoms with E-state index < -0.39 is 31.6 Å². The molecular weight excluding hydrogens is 504 g/mol. The molecule has 0 saturated carbocycles. The van der Waals surface area contributed by atoms with Crippen LogP contribution >= 0.6 is 0 Å². The van der Waals surface area contributed by atoms with Gasteiger partial charge in [-0.3, -0.25) is 4.99 Å². The Hall–Kier alpha value is -3.13. The van der Waals surface area contributed by atoms with Gasteiger partial charge in [-0.05, 0) is 73.6 Å². The van der Waals surface area contributed by atoms with Gasteiger partial charge in [0.15, 0.2) is 0 Å². The summed E-state index contributed by atoms with van der Waals surface area (Å²) in [6, 6.07) is 20.0. The Labute approximate surface area is 214 Å². The first-order valence-corrected chi connectivity index (χ1v) is 14.5. The summed E-state index contributed by atoms with van der Waals surface area (Å²) in [4.78, 5) is 4.64. The van der Waals surface area contributed by atoms with Gasteiger partial charge in [0, 0.05) is 0 Å². The van der Waals surface area contributed by atoms with E-state index >= 15 is 0 Å². The standard InChI is InChI=1S/C29H29F6NSi/c1-27(2,3)36-18-19-37(4,25-8-6-5-7-9-25)26(22-12-16-24(17-13-22)29(33,34)35)20-21-10-14-23(15-11-21)28(30,31)32/h5-18,20H,19H2,1-4H3/b26-20+,36-18?. The number of alkyl halides is 6. The highest BCUT2D eigenvalue weighted by molar-refractivity contribution is 7.07. The summed E-state index contributed by atoms with van der Waals surface area (Å²) in [5, 5.41) is 1.83. The molecule has 1 nitrogen and oxygen atoms in total. The molecule has 0 aliphatic rings. The molecule has 196 valence electrons. The molecule has 0 saturated heterocycles. The molecule has 1 unspecified atom stereocenters. The van der Waals surface area contributed by atoms with Gasteiger partial charge in [-0.15, -0.1) is 0 Å². The van der Waals surface area contributed by atoms with Crippen LogP contribution in [-0.4, -0.2) is 19.8 Å². The molecule has 0 N–H and O–H groups in total. The van der Waals surface area contributed by atoms with Gasteiger partial charge in [0.2, 0.25) is 0 Å². The van der Waals surface area contributed by atoms with Crippen LogP contribution in [-0.2, 0) is 12.4 Å². The van der Waals surface area contributed by atoms with Gasteiger partial charge in [-0.2, -0.15) is 26.3 Å². The number of nitrogens with zero attached hydrogens (tertiary/aromatic N) is 1. The van der Waals surface area contributed by atoms with Crippen molar-refractivity contribution in [1.29, 1.82) is 0 Å². The highest BCUT2D eigenvalue weighted by atomic mass is 28.3. The fourth-order valence-corrected chi connectivity index (χ4v) is 7.47. The van der Waals surface area contributed by atoms with Crippen molar-refractivity contribution in [2.24, 2.45) is 4.99 Å². The summed E-state index contributed by atoms with van der Waals surface area (Å²) in [6.45, 7) is 8.02. The second kappa shape index (κ2) is 10.7. The molecule has 3 aromatic rings. The second-order valence-corrected chi connectivity index (χ2v) is 14.3. The lowest BCUT2D eigenvalue weighted by Gasteiger charge is -2.31. The first-order valence-electron chi connectivity index (χ1n) is 11.8. The van der Waals surface area contributed by atoms with Crippen molar-refractivity contribution in [1.82, 2.24) is 0 Å². The molecule has 8 heteroatoms. The molecule has 1 atom stereocenters. The second-order valence-electron chi connectivity index (χ2n) is 10.1. The van der Waals surface area contributed by atoms with Crippen LogP contribution in [0.3, 0.4) is 0 Å². The maximum atomic E-state index is 13.3. The third-order valence-corrected chi connectivity index (χ3v) is 10.3. The van der Waals surface area contributed by atoms with Crippen molar-refractivity contribution in [3.05, 3.63) is 101 Å². The van der Waals surface area contributed by atoms with Crippen LogP contribution < -0.4 is 5.19 Å². The Bertz CT molecular complexity index is 1240.